The molecule has 1 heterocycles. The number of methoxy groups -OCH3 is 1. The van der Waals surface area contributed by atoms with Crippen LogP contribution in [0.5, 0.6) is 5.88 Å². The Kier molecular flexibility index (Phi) is 4.63. The highest BCUT2D eigenvalue weighted by Gasteiger charge is 2.24. The zero-order valence-electron chi connectivity index (χ0n) is 11.8. The first-order chi connectivity index (χ1) is 9.86. The molecular weight excluding hydrogens is 346 g/mol. The summed E-state index contributed by atoms with van der Waals surface area (Å²) in [5.74, 6) is -1.04. The Bertz CT molecular complexity index is 673. The molecule has 1 N–H and O–H groups in total. The lowest BCUT2D eigenvalue weighted by Crippen LogP contribution is -2.08. The number of aliphatic hydroxyl groups excluding tert-OH is 1. The van der Waals surface area contributed by atoms with Crippen molar-refractivity contribution < 1.29 is 18.6 Å². The van der Waals surface area contributed by atoms with Gasteiger partial charge in [0.25, 0.3) is 0 Å². The molecule has 21 heavy (non-hydrogen) atoms. The lowest BCUT2D eigenvalue weighted by molar-refractivity contribution is 0.170. The molecule has 4 nitrogen and oxygen atoms in total. The van der Waals surface area contributed by atoms with E-state index in [0.29, 0.717) is 17.1 Å². The van der Waals surface area contributed by atoms with Gasteiger partial charge in [0.1, 0.15) is 11.6 Å². The average molecular weight is 361 g/mol. The summed E-state index contributed by atoms with van der Waals surface area (Å²) < 4.78 is 34.6. The quantitative estimate of drug-likeness (QED) is 0.852. The summed E-state index contributed by atoms with van der Waals surface area (Å²) in [5.41, 5.74) is 0.804. The lowest BCUT2D eigenvalue weighted by Gasteiger charge is -2.14. The molecule has 1 atom stereocenters. The lowest BCUT2D eigenvalue weighted by atomic mass is 10.0. The third-order valence-corrected chi connectivity index (χ3v) is 3.89. The highest BCUT2D eigenvalue weighted by Crippen LogP contribution is 2.32. The van der Waals surface area contributed by atoms with Crippen LogP contribution in [0.2, 0.25) is 0 Å². The second-order valence-corrected chi connectivity index (χ2v) is 5.53. The molecule has 2 rings (SSSR count). The summed E-state index contributed by atoms with van der Waals surface area (Å²) in [4.78, 5) is 0. The molecule has 0 aliphatic carbocycles. The Balaban J connectivity index is 2.39. The first-order valence-electron chi connectivity index (χ1n) is 6.24. The van der Waals surface area contributed by atoms with E-state index < -0.39 is 17.7 Å². The Morgan fingerprint density at radius 3 is 2.71 bits per heavy atom. The fraction of sp³-hybridized carbons (Fsp3) is 0.357. The minimum absolute atomic E-state index is 0.154. The van der Waals surface area contributed by atoms with E-state index in [2.05, 4.69) is 21.0 Å². The Morgan fingerprint density at radius 2 is 2.10 bits per heavy atom. The maximum absolute atomic E-state index is 14.0. The number of hydrogen-bond acceptors (Lipinski definition) is 3. The van der Waals surface area contributed by atoms with Gasteiger partial charge in [0, 0.05) is 19.0 Å². The van der Waals surface area contributed by atoms with Crippen LogP contribution in [0.4, 0.5) is 8.78 Å². The third kappa shape index (κ3) is 2.94. The van der Waals surface area contributed by atoms with E-state index in [1.807, 2.05) is 0 Å². The van der Waals surface area contributed by atoms with Crippen molar-refractivity contribution in [3.8, 4) is 5.88 Å². The van der Waals surface area contributed by atoms with Crippen LogP contribution >= 0.6 is 15.9 Å². The largest absolute Gasteiger partial charge is 0.481 e. The minimum Gasteiger partial charge on any atom is -0.481 e. The summed E-state index contributed by atoms with van der Waals surface area (Å²) >= 11 is 3.01. The van der Waals surface area contributed by atoms with E-state index in [1.54, 1.807) is 14.0 Å². The van der Waals surface area contributed by atoms with Gasteiger partial charge in [-0.25, -0.2) is 13.5 Å². The Morgan fingerprint density at radius 1 is 1.43 bits per heavy atom. The van der Waals surface area contributed by atoms with Gasteiger partial charge >= 0.3 is 0 Å². The van der Waals surface area contributed by atoms with Gasteiger partial charge in [-0.2, -0.15) is 5.10 Å². The van der Waals surface area contributed by atoms with Crippen LogP contribution in [-0.4, -0.2) is 22.0 Å². The molecule has 1 aromatic carbocycles. The van der Waals surface area contributed by atoms with E-state index in [-0.39, 0.29) is 16.5 Å². The second-order valence-electron chi connectivity index (χ2n) is 4.67. The van der Waals surface area contributed by atoms with Crippen molar-refractivity contribution in [3.63, 3.8) is 0 Å². The fourth-order valence-electron chi connectivity index (χ4n) is 2.33. The smallest absolute Gasteiger partial charge is 0.217 e. The van der Waals surface area contributed by atoms with Gasteiger partial charge in [-0.3, -0.25) is 0 Å². The molecule has 0 spiro atoms. The topological polar surface area (TPSA) is 47.3 Å². The predicted octanol–water partition coefficient (Wildman–Crippen LogP) is 3.05. The van der Waals surface area contributed by atoms with Crippen LogP contribution in [0.1, 0.15) is 22.9 Å². The number of aryl methyl sites for hydroxylation is 2. The van der Waals surface area contributed by atoms with Crippen LogP contribution in [0.15, 0.2) is 16.6 Å². The second kappa shape index (κ2) is 6.11. The molecule has 0 aliphatic heterocycles. The Labute approximate surface area is 129 Å². The summed E-state index contributed by atoms with van der Waals surface area (Å²) in [6.07, 6.45) is -1.33. The maximum atomic E-state index is 14.0. The number of nitrogens with zero attached hydrogens (tertiary/aromatic N) is 2. The van der Waals surface area contributed by atoms with Crippen LogP contribution in [0, 0.1) is 18.6 Å². The van der Waals surface area contributed by atoms with Gasteiger partial charge < -0.3 is 9.84 Å². The van der Waals surface area contributed by atoms with Crippen molar-refractivity contribution in [2.24, 2.45) is 7.05 Å². The molecule has 114 valence electrons. The average Bonchev–Trinajstić information content (AvgIpc) is 2.73. The first kappa shape index (κ1) is 15.9. The van der Waals surface area contributed by atoms with E-state index in [9.17, 15) is 13.9 Å². The maximum Gasteiger partial charge on any atom is 0.217 e. The number of benzene rings is 1. The number of aromatic nitrogens is 2. The molecule has 7 heteroatoms. The van der Waals surface area contributed by atoms with Crippen molar-refractivity contribution in [1.82, 2.24) is 9.78 Å². The number of aliphatic hydroxyl groups is 1. The van der Waals surface area contributed by atoms with Crippen molar-refractivity contribution in [2.45, 2.75) is 19.4 Å². The number of ether oxygens (including phenoxy) is 1. The van der Waals surface area contributed by atoms with Gasteiger partial charge in [0.05, 0.1) is 28.9 Å². The first-order valence-corrected chi connectivity index (χ1v) is 7.04. The number of rotatable bonds is 4. The fourth-order valence-corrected chi connectivity index (χ4v) is 2.70. The number of halogens is 3. The third-order valence-electron chi connectivity index (χ3n) is 3.28. The van der Waals surface area contributed by atoms with Crippen LogP contribution in [0.3, 0.4) is 0 Å². The van der Waals surface area contributed by atoms with Gasteiger partial charge in [-0.15, -0.1) is 0 Å². The van der Waals surface area contributed by atoms with E-state index >= 15 is 0 Å². The van der Waals surface area contributed by atoms with Crippen LogP contribution < -0.4 is 4.74 Å². The summed E-state index contributed by atoms with van der Waals surface area (Å²) in [7, 11) is 3.12. The van der Waals surface area contributed by atoms with E-state index in [1.165, 1.54) is 17.9 Å². The summed E-state index contributed by atoms with van der Waals surface area (Å²) in [6.45, 7) is 1.70. The van der Waals surface area contributed by atoms with Gasteiger partial charge in [0.2, 0.25) is 5.88 Å². The molecule has 0 saturated carbocycles. The zero-order chi connectivity index (χ0) is 15.7. The van der Waals surface area contributed by atoms with Crippen molar-refractivity contribution in [2.75, 3.05) is 7.11 Å². The molecule has 1 unspecified atom stereocenters. The van der Waals surface area contributed by atoms with E-state index in [0.717, 1.165) is 6.07 Å². The molecule has 0 fully saturated rings. The van der Waals surface area contributed by atoms with Crippen LogP contribution in [0.25, 0.3) is 0 Å². The molecule has 0 amide bonds. The summed E-state index contributed by atoms with van der Waals surface area (Å²) in [5, 5.41) is 14.5. The molecule has 0 aliphatic rings. The van der Waals surface area contributed by atoms with Crippen molar-refractivity contribution in [1.29, 1.82) is 0 Å². The normalized spacial score (nSPS) is 12.5. The molecule has 1 aromatic heterocycles. The molecule has 2 aromatic rings. The molecule has 0 saturated heterocycles. The number of hydrogen-bond donors (Lipinski definition) is 1. The SMILES string of the molecule is COc1c(C(O)Cc2c(F)ccc(Br)c2F)c(C)nn1C. The van der Waals surface area contributed by atoms with Gasteiger partial charge in [-0.1, -0.05) is 0 Å². The van der Waals surface area contributed by atoms with Crippen molar-refractivity contribution >= 4 is 15.9 Å². The van der Waals surface area contributed by atoms with Crippen molar-refractivity contribution in [3.05, 3.63) is 45.1 Å². The Hall–Kier alpha value is -1.47. The van der Waals surface area contributed by atoms with Crippen LogP contribution in [-0.2, 0) is 13.5 Å². The molecule has 0 bridgehead atoms. The summed E-state index contributed by atoms with van der Waals surface area (Å²) in [6, 6.07) is 2.44. The monoisotopic (exact) mass is 360 g/mol. The highest BCUT2D eigenvalue weighted by atomic mass is 79.9. The molecular formula is C14H15BrF2N2O2. The molecule has 0 radical (unpaired) electrons. The minimum atomic E-state index is -1.12. The van der Waals surface area contributed by atoms with Gasteiger partial charge in [-0.05, 0) is 35.0 Å². The van der Waals surface area contributed by atoms with E-state index in [4.69, 9.17) is 4.74 Å². The highest BCUT2D eigenvalue weighted by molar-refractivity contribution is 9.10. The standard InChI is InChI=1S/C14H15BrF2N2O2/c1-7-12(14(21-3)19(2)18-7)11(20)6-8-10(16)5-4-9(15)13(8)17/h4-5,11,20H,6H2,1-3H3. The zero-order valence-corrected chi connectivity index (χ0v) is 13.4. The predicted molar refractivity (Wildman–Crippen MR) is 77.2 cm³/mol. The van der Waals surface area contributed by atoms with Gasteiger partial charge in [0.15, 0.2) is 0 Å².